The molecule has 3 rings (SSSR count). The molecule has 0 aliphatic heterocycles. The zero-order chi connectivity index (χ0) is 17.6. The maximum absolute atomic E-state index is 11.1. The number of benzene rings is 2. The zero-order valence-electron chi connectivity index (χ0n) is 13.8. The highest BCUT2D eigenvalue weighted by atomic mass is 32.2. The molecule has 0 saturated carbocycles. The van der Waals surface area contributed by atoms with Gasteiger partial charge in [0, 0.05) is 5.75 Å². The first kappa shape index (κ1) is 17.4. The number of imidazole rings is 1. The molecule has 5 nitrogen and oxygen atoms in total. The van der Waals surface area contributed by atoms with Gasteiger partial charge in [0.1, 0.15) is 12.3 Å². The largest absolute Gasteiger partial charge is 0.508 e. The lowest BCUT2D eigenvalue weighted by atomic mass is 10.1. The summed E-state index contributed by atoms with van der Waals surface area (Å²) in [5, 5.41) is 19.2. The van der Waals surface area contributed by atoms with Gasteiger partial charge < -0.3 is 14.8 Å². The average Bonchev–Trinajstić information content (AvgIpc) is 2.93. The lowest BCUT2D eigenvalue weighted by Crippen LogP contribution is -2.09. The minimum Gasteiger partial charge on any atom is -0.508 e. The number of aryl methyl sites for hydroxylation is 1. The van der Waals surface area contributed by atoms with E-state index in [0.29, 0.717) is 0 Å². The van der Waals surface area contributed by atoms with Crippen molar-refractivity contribution in [1.82, 2.24) is 9.55 Å². The molecular formula is C19H20N2O3S. The Labute approximate surface area is 150 Å². The van der Waals surface area contributed by atoms with Gasteiger partial charge in [-0.1, -0.05) is 36.0 Å². The maximum Gasteiger partial charge on any atom is 0.323 e. The number of rotatable bonds is 8. The van der Waals surface area contributed by atoms with Gasteiger partial charge in [0.25, 0.3) is 0 Å². The number of fused-ring (bicyclic) bond motifs is 1. The first-order valence-electron chi connectivity index (χ1n) is 8.21. The summed E-state index contributed by atoms with van der Waals surface area (Å²) in [7, 11) is 0. The Morgan fingerprint density at radius 2 is 1.84 bits per heavy atom. The second-order valence-corrected chi connectivity index (χ2v) is 6.90. The summed E-state index contributed by atoms with van der Waals surface area (Å²) in [6.07, 6.45) is 3.02. The second-order valence-electron chi connectivity index (χ2n) is 5.83. The van der Waals surface area contributed by atoms with Gasteiger partial charge in [0.2, 0.25) is 0 Å². The van der Waals surface area contributed by atoms with E-state index in [0.717, 1.165) is 41.2 Å². The van der Waals surface area contributed by atoms with Crippen molar-refractivity contribution in [2.45, 2.75) is 31.0 Å². The van der Waals surface area contributed by atoms with Crippen molar-refractivity contribution in [2.75, 3.05) is 5.75 Å². The number of hydrogen-bond acceptors (Lipinski definition) is 4. The van der Waals surface area contributed by atoms with Crippen molar-refractivity contribution >= 4 is 28.8 Å². The average molecular weight is 356 g/mol. The van der Waals surface area contributed by atoms with E-state index in [1.54, 1.807) is 28.5 Å². The molecule has 1 heterocycles. The van der Waals surface area contributed by atoms with E-state index in [1.165, 1.54) is 5.56 Å². The van der Waals surface area contributed by atoms with Gasteiger partial charge >= 0.3 is 5.97 Å². The molecule has 0 atom stereocenters. The van der Waals surface area contributed by atoms with Crippen LogP contribution in [-0.4, -0.2) is 31.5 Å². The molecule has 0 aliphatic rings. The van der Waals surface area contributed by atoms with Gasteiger partial charge in [-0.25, -0.2) is 4.98 Å². The van der Waals surface area contributed by atoms with Gasteiger partial charge in [-0.05, 0) is 49.1 Å². The van der Waals surface area contributed by atoms with Crippen LogP contribution in [0.15, 0.2) is 53.7 Å². The van der Waals surface area contributed by atoms with E-state index < -0.39 is 5.97 Å². The number of carboxylic acids is 1. The normalized spacial score (nSPS) is 11.0. The summed E-state index contributed by atoms with van der Waals surface area (Å²) < 4.78 is 1.77. The number of aromatic hydroxyl groups is 1. The van der Waals surface area contributed by atoms with Crippen LogP contribution in [0.2, 0.25) is 0 Å². The first-order valence-corrected chi connectivity index (χ1v) is 9.20. The Morgan fingerprint density at radius 3 is 2.60 bits per heavy atom. The Balaban J connectivity index is 1.57. The van der Waals surface area contributed by atoms with E-state index in [4.69, 9.17) is 5.11 Å². The van der Waals surface area contributed by atoms with Crippen LogP contribution in [0.3, 0.4) is 0 Å². The fraction of sp³-hybridized carbons (Fsp3) is 0.263. The summed E-state index contributed by atoms with van der Waals surface area (Å²) in [6, 6.07) is 14.9. The van der Waals surface area contributed by atoms with Crippen molar-refractivity contribution in [3.05, 3.63) is 54.1 Å². The van der Waals surface area contributed by atoms with Crippen LogP contribution in [-0.2, 0) is 17.8 Å². The van der Waals surface area contributed by atoms with E-state index in [2.05, 4.69) is 4.98 Å². The highest BCUT2D eigenvalue weighted by molar-refractivity contribution is 7.99. The number of phenols is 1. The van der Waals surface area contributed by atoms with Crippen LogP contribution in [0.1, 0.15) is 18.4 Å². The lowest BCUT2D eigenvalue weighted by Gasteiger charge is -2.06. The third kappa shape index (κ3) is 4.54. The molecule has 0 radical (unpaired) electrons. The fourth-order valence-electron chi connectivity index (χ4n) is 2.71. The number of nitrogens with zero attached hydrogens (tertiary/aromatic N) is 2. The van der Waals surface area contributed by atoms with Crippen molar-refractivity contribution in [2.24, 2.45) is 0 Å². The third-order valence-electron chi connectivity index (χ3n) is 3.94. The van der Waals surface area contributed by atoms with Crippen LogP contribution in [0.5, 0.6) is 5.75 Å². The molecule has 0 fully saturated rings. The van der Waals surface area contributed by atoms with Gasteiger partial charge in [0.05, 0.1) is 11.0 Å². The van der Waals surface area contributed by atoms with Crippen molar-refractivity contribution in [3.8, 4) is 5.75 Å². The van der Waals surface area contributed by atoms with Gasteiger partial charge in [0.15, 0.2) is 5.16 Å². The van der Waals surface area contributed by atoms with E-state index in [1.807, 2.05) is 36.4 Å². The van der Waals surface area contributed by atoms with Crippen molar-refractivity contribution in [1.29, 1.82) is 0 Å². The van der Waals surface area contributed by atoms with Crippen LogP contribution in [0.25, 0.3) is 11.0 Å². The van der Waals surface area contributed by atoms with E-state index >= 15 is 0 Å². The molecule has 0 amide bonds. The topological polar surface area (TPSA) is 75.3 Å². The zero-order valence-corrected chi connectivity index (χ0v) is 14.6. The molecule has 1 aromatic heterocycles. The summed E-state index contributed by atoms with van der Waals surface area (Å²) in [5.74, 6) is 0.315. The molecule has 6 heteroatoms. The number of unbranched alkanes of at least 4 members (excludes halogenated alkanes) is 1. The third-order valence-corrected chi connectivity index (χ3v) is 5.00. The predicted octanol–water partition coefficient (Wildman–Crippen LogP) is 3.94. The summed E-state index contributed by atoms with van der Waals surface area (Å²) in [5.41, 5.74) is 2.90. The van der Waals surface area contributed by atoms with Gasteiger partial charge in [-0.3, -0.25) is 4.79 Å². The number of thioether (sulfide) groups is 1. The molecule has 3 aromatic rings. The number of para-hydroxylation sites is 2. The number of aromatic nitrogens is 2. The minimum atomic E-state index is -0.864. The monoisotopic (exact) mass is 356 g/mol. The Hall–Kier alpha value is -2.47. The maximum atomic E-state index is 11.1. The Morgan fingerprint density at radius 1 is 1.08 bits per heavy atom. The molecule has 0 aliphatic carbocycles. The first-order chi connectivity index (χ1) is 12.1. The summed E-state index contributed by atoms with van der Waals surface area (Å²) in [4.78, 5) is 15.7. The number of aliphatic carboxylic acids is 1. The van der Waals surface area contributed by atoms with Crippen LogP contribution < -0.4 is 0 Å². The molecule has 0 spiro atoms. The predicted molar refractivity (Wildman–Crippen MR) is 99.1 cm³/mol. The molecule has 2 aromatic carbocycles. The summed E-state index contributed by atoms with van der Waals surface area (Å²) in [6.45, 7) is -0.0731. The van der Waals surface area contributed by atoms with Gasteiger partial charge in [-0.15, -0.1) is 0 Å². The molecule has 0 saturated heterocycles. The summed E-state index contributed by atoms with van der Waals surface area (Å²) >= 11 is 1.60. The molecule has 130 valence electrons. The van der Waals surface area contributed by atoms with E-state index in [-0.39, 0.29) is 12.3 Å². The minimum absolute atomic E-state index is 0.0731. The number of carbonyl (C=O) groups is 1. The molecular weight excluding hydrogens is 336 g/mol. The Bertz CT molecular complexity index is 859. The molecule has 0 bridgehead atoms. The second kappa shape index (κ2) is 8.07. The lowest BCUT2D eigenvalue weighted by molar-refractivity contribution is -0.137. The molecule has 25 heavy (non-hydrogen) atoms. The van der Waals surface area contributed by atoms with Crippen molar-refractivity contribution < 1.29 is 15.0 Å². The standard InChI is InChI=1S/C19H20N2O3S/c22-15-10-8-14(9-11-15)5-3-4-12-25-19-20-16-6-1-2-7-17(16)21(19)13-18(23)24/h1-2,6-11,22H,3-5,12-13H2,(H,23,24). The Kier molecular flexibility index (Phi) is 5.60. The SMILES string of the molecule is O=C(O)Cn1c(SCCCCc2ccc(O)cc2)nc2ccccc21. The molecule has 2 N–H and O–H groups in total. The van der Waals surface area contributed by atoms with E-state index in [9.17, 15) is 9.90 Å². The highest BCUT2D eigenvalue weighted by Crippen LogP contribution is 2.25. The van der Waals surface area contributed by atoms with Crippen LogP contribution >= 0.6 is 11.8 Å². The van der Waals surface area contributed by atoms with Crippen LogP contribution in [0.4, 0.5) is 0 Å². The number of hydrogen-bond donors (Lipinski definition) is 2. The smallest absolute Gasteiger partial charge is 0.323 e. The number of carboxylic acid groups (broad SMARTS) is 1. The fourth-order valence-corrected chi connectivity index (χ4v) is 3.72. The van der Waals surface area contributed by atoms with Gasteiger partial charge in [-0.2, -0.15) is 0 Å². The molecule has 0 unspecified atom stereocenters. The van der Waals surface area contributed by atoms with Crippen LogP contribution in [0, 0.1) is 0 Å². The van der Waals surface area contributed by atoms with Crippen molar-refractivity contribution in [3.63, 3.8) is 0 Å². The quantitative estimate of drug-likeness (QED) is 0.472. The number of phenolic OH excluding ortho intramolecular Hbond substituents is 1. The highest BCUT2D eigenvalue weighted by Gasteiger charge is 2.13.